The van der Waals surface area contributed by atoms with Crippen LogP contribution >= 0.6 is 0 Å². The highest BCUT2D eigenvalue weighted by Gasteiger charge is 2.28. The van der Waals surface area contributed by atoms with E-state index in [1.165, 1.54) is 0 Å². The number of amides is 2. The molecule has 0 radical (unpaired) electrons. The minimum Gasteiger partial charge on any atom is -0.444 e. The van der Waals surface area contributed by atoms with Gasteiger partial charge in [-0.25, -0.2) is 4.79 Å². The molecule has 0 bridgehead atoms. The van der Waals surface area contributed by atoms with Crippen LogP contribution < -0.4 is 10.6 Å². The van der Waals surface area contributed by atoms with E-state index in [-0.39, 0.29) is 17.9 Å². The Morgan fingerprint density at radius 2 is 1.63 bits per heavy atom. The zero-order chi connectivity index (χ0) is 15.2. The lowest BCUT2D eigenvalue weighted by molar-refractivity contribution is -0.124. The first-order valence-electron chi connectivity index (χ1n) is 6.86. The summed E-state index contributed by atoms with van der Waals surface area (Å²) in [6.45, 7) is 13.1. The van der Waals surface area contributed by atoms with E-state index in [0.717, 1.165) is 6.42 Å². The second-order valence-corrected chi connectivity index (χ2v) is 6.17. The second kappa shape index (κ2) is 7.36. The van der Waals surface area contributed by atoms with Crippen LogP contribution in [0.1, 0.15) is 54.9 Å². The van der Waals surface area contributed by atoms with Crippen LogP contribution in [0.15, 0.2) is 0 Å². The van der Waals surface area contributed by atoms with Crippen LogP contribution in [0.5, 0.6) is 0 Å². The maximum Gasteiger partial charge on any atom is 0.408 e. The summed E-state index contributed by atoms with van der Waals surface area (Å²) in [7, 11) is 0. The van der Waals surface area contributed by atoms with E-state index < -0.39 is 17.7 Å². The minimum atomic E-state index is -0.571. The quantitative estimate of drug-likeness (QED) is 0.808. The highest BCUT2D eigenvalue weighted by molar-refractivity contribution is 5.86. The fourth-order valence-electron chi connectivity index (χ4n) is 1.51. The molecule has 0 aliphatic carbocycles. The molecule has 19 heavy (non-hydrogen) atoms. The van der Waals surface area contributed by atoms with Crippen molar-refractivity contribution in [2.45, 2.75) is 72.6 Å². The fraction of sp³-hybridized carbons (Fsp3) is 0.857. The molecule has 0 saturated carbocycles. The van der Waals surface area contributed by atoms with Gasteiger partial charge in [0.15, 0.2) is 0 Å². The van der Waals surface area contributed by atoms with Crippen LogP contribution in [0.25, 0.3) is 0 Å². The maximum atomic E-state index is 12.1. The lowest BCUT2D eigenvalue weighted by Gasteiger charge is -2.26. The van der Waals surface area contributed by atoms with Crippen LogP contribution in [0.3, 0.4) is 0 Å². The van der Waals surface area contributed by atoms with Crippen LogP contribution in [0.2, 0.25) is 0 Å². The van der Waals surface area contributed by atoms with Crippen LogP contribution in [0, 0.1) is 5.92 Å². The van der Waals surface area contributed by atoms with Crippen molar-refractivity contribution in [2.75, 3.05) is 0 Å². The number of carbonyl (C=O) groups excluding carboxylic acids is 2. The molecule has 0 aliphatic heterocycles. The normalized spacial score (nSPS) is 14.7. The molecule has 0 aromatic heterocycles. The van der Waals surface area contributed by atoms with Crippen LogP contribution in [-0.2, 0) is 9.53 Å². The summed E-state index contributed by atoms with van der Waals surface area (Å²) in [6.07, 6.45) is 0.239. The topological polar surface area (TPSA) is 67.4 Å². The number of rotatable bonds is 5. The van der Waals surface area contributed by atoms with Gasteiger partial charge in [0.1, 0.15) is 11.6 Å². The van der Waals surface area contributed by atoms with Gasteiger partial charge in [-0.3, -0.25) is 4.79 Å². The number of nitrogens with one attached hydrogen (secondary N) is 2. The predicted octanol–water partition coefficient (Wildman–Crippen LogP) is 2.45. The summed E-state index contributed by atoms with van der Waals surface area (Å²) in [6, 6.07) is -0.526. The third kappa shape index (κ3) is 7.70. The highest BCUT2D eigenvalue weighted by Crippen LogP contribution is 2.11. The SMILES string of the molecule is CCC(C)[C@H](NC(=O)OC(C)(C)C)C(=O)NC(C)C. The largest absolute Gasteiger partial charge is 0.444 e. The highest BCUT2D eigenvalue weighted by atomic mass is 16.6. The maximum absolute atomic E-state index is 12.1. The average molecular weight is 272 g/mol. The zero-order valence-corrected chi connectivity index (χ0v) is 13.2. The molecule has 2 amide bonds. The molecule has 2 atom stereocenters. The molecule has 5 heteroatoms. The van der Waals surface area contributed by atoms with Crippen molar-refractivity contribution in [3.05, 3.63) is 0 Å². The van der Waals surface area contributed by atoms with E-state index in [1.807, 2.05) is 27.7 Å². The smallest absolute Gasteiger partial charge is 0.408 e. The standard InChI is InChI=1S/C14H28N2O3/c1-8-10(4)11(12(17)15-9(2)3)16-13(18)19-14(5,6)7/h9-11H,8H2,1-7H3,(H,15,17)(H,16,18)/t10?,11-/m0/s1. The molecule has 2 N–H and O–H groups in total. The molecule has 0 heterocycles. The summed E-state index contributed by atoms with van der Waals surface area (Å²) in [5.74, 6) is -0.124. The molecule has 1 unspecified atom stereocenters. The Labute approximate surface area is 116 Å². The van der Waals surface area contributed by atoms with E-state index in [9.17, 15) is 9.59 Å². The van der Waals surface area contributed by atoms with Crippen molar-refractivity contribution in [1.82, 2.24) is 10.6 Å². The monoisotopic (exact) mass is 272 g/mol. The van der Waals surface area contributed by atoms with Gasteiger partial charge in [-0.1, -0.05) is 20.3 Å². The lowest BCUT2D eigenvalue weighted by atomic mass is 9.98. The van der Waals surface area contributed by atoms with Crippen molar-refractivity contribution in [3.8, 4) is 0 Å². The van der Waals surface area contributed by atoms with Gasteiger partial charge < -0.3 is 15.4 Å². The summed E-state index contributed by atoms with van der Waals surface area (Å²) in [5, 5.41) is 5.47. The zero-order valence-electron chi connectivity index (χ0n) is 13.2. The molecule has 0 aromatic carbocycles. The van der Waals surface area contributed by atoms with Gasteiger partial charge in [0, 0.05) is 6.04 Å². The van der Waals surface area contributed by atoms with Gasteiger partial charge >= 0.3 is 6.09 Å². The van der Waals surface area contributed by atoms with Gasteiger partial charge in [0.2, 0.25) is 5.91 Å². The van der Waals surface area contributed by atoms with E-state index in [2.05, 4.69) is 10.6 Å². The van der Waals surface area contributed by atoms with E-state index in [4.69, 9.17) is 4.74 Å². The Morgan fingerprint density at radius 1 is 1.11 bits per heavy atom. The van der Waals surface area contributed by atoms with Gasteiger partial charge in [0.05, 0.1) is 0 Å². The Morgan fingerprint density at radius 3 is 2.00 bits per heavy atom. The average Bonchev–Trinajstić information content (AvgIpc) is 2.21. The van der Waals surface area contributed by atoms with Gasteiger partial charge in [-0.2, -0.15) is 0 Å². The summed E-state index contributed by atoms with van der Waals surface area (Å²) in [4.78, 5) is 23.8. The van der Waals surface area contributed by atoms with E-state index in [0.29, 0.717) is 0 Å². The van der Waals surface area contributed by atoms with Crippen molar-refractivity contribution in [1.29, 1.82) is 0 Å². The molecular formula is C14H28N2O3. The third-order valence-corrected chi connectivity index (χ3v) is 2.60. The fourth-order valence-corrected chi connectivity index (χ4v) is 1.51. The summed E-state index contributed by atoms with van der Waals surface area (Å²) >= 11 is 0. The second-order valence-electron chi connectivity index (χ2n) is 6.17. The Kier molecular flexibility index (Phi) is 6.87. The first-order chi connectivity index (χ1) is 8.56. The van der Waals surface area contributed by atoms with Crippen LogP contribution in [-0.4, -0.2) is 29.7 Å². The third-order valence-electron chi connectivity index (χ3n) is 2.60. The van der Waals surface area contributed by atoms with Crippen molar-refractivity contribution >= 4 is 12.0 Å². The minimum absolute atomic E-state index is 0.0412. The van der Waals surface area contributed by atoms with Crippen molar-refractivity contribution < 1.29 is 14.3 Å². The predicted molar refractivity (Wildman–Crippen MR) is 75.9 cm³/mol. The number of carbonyl (C=O) groups is 2. The Hall–Kier alpha value is -1.26. The molecule has 0 rings (SSSR count). The van der Waals surface area contributed by atoms with Gasteiger partial charge in [-0.05, 0) is 40.5 Å². The molecule has 5 nitrogen and oxygen atoms in total. The summed E-state index contributed by atoms with van der Waals surface area (Å²) in [5.41, 5.74) is -0.571. The molecular weight excluding hydrogens is 244 g/mol. The van der Waals surface area contributed by atoms with Gasteiger partial charge in [-0.15, -0.1) is 0 Å². The van der Waals surface area contributed by atoms with Crippen molar-refractivity contribution in [2.24, 2.45) is 5.92 Å². The van der Waals surface area contributed by atoms with Gasteiger partial charge in [0.25, 0.3) is 0 Å². The first kappa shape index (κ1) is 17.7. The molecule has 0 saturated heterocycles. The number of hydrogen-bond acceptors (Lipinski definition) is 3. The first-order valence-corrected chi connectivity index (χ1v) is 6.86. The summed E-state index contributed by atoms with van der Waals surface area (Å²) < 4.78 is 5.19. The molecule has 0 aromatic rings. The van der Waals surface area contributed by atoms with E-state index in [1.54, 1.807) is 20.8 Å². The lowest BCUT2D eigenvalue weighted by Crippen LogP contribution is -2.52. The molecule has 0 fully saturated rings. The number of hydrogen-bond donors (Lipinski definition) is 2. The van der Waals surface area contributed by atoms with Crippen LogP contribution in [0.4, 0.5) is 4.79 Å². The molecule has 0 spiro atoms. The number of alkyl carbamates (subject to hydrolysis) is 1. The Balaban J connectivity index is 4.69. The Bertz CT molecular complexity index is 308. The molecule has 0 aliphatic rings. The van der Waals surface area contributed by atoms with E-state index >= 15 is 0 Å². The number of ether oxygens (including phenoxy) is 1. The van der Waals surface area contributed by atoms with Crippen molar-refractivity contribution in [3.63, 3.8) is 0 Å². The molecule has 112 valence electrons.